The number of aliphatic carboxylic acids is 1. The maximum atomic E-state index is 11.6. The molecule has 1 saturated heterocycles. The van der Waals surface area contributed by atoms with E-state index < -0.39 is 11.4 Å². The number of likely N-dealkylation sites (N-methyl/N-ethyl adjacent to an activating group) is 1. The highest BCUT2D eigenvalue weighted by Gasteiger charge is 2.53. The van der Waals surface area contributed by atoms with Crippen LogP contribution in [0.25, 0.3) is 0 Å². The number of piperidine rings is 1. The number of para-hydroxylation sites is 1. The molecule has 1 saturated carbocycles. The standard InChI is InChI=1S/C17H23NO4/c1-18-10-4-5-12(11-18)22-14-7-3-6-13(15(14)21-2)17(8-9-17)16(19)20/h3,6-7,12H,4-5,8-11H2,1-2H3,(H,19,20). The van der Waals surface area contributed by atoms with Gasteiger partial charge in [0.05, 0.1) is 12.5 Å². The van der Waals surface area contributed by atoms with Gasteiger partial charge in [0.1, 0.15) is 6.10 Å². The van der Waals surface area contributed by atoms with Gasteiger partial charge in [-0.2, -0.15) is 0 Å². The topological polar surface area (TPSA) is 59.0 Å². The zero-order valence-corrected chi connectivity index (χ0v) is 13.2. The van der Waals surface area contributed by atoms with Crippen LogP contribution in [0, 0.1) is 0 Å². The minimum atomic E-state index is -0.784. The van der Waals surface area contributed by atoms with Crippen molar-refractivity contribution in [1.82, 2.24) is 4.90 Å². The summed E-state index contributed by atoms with van der Waals surface area (Å²) in [5, 5.41) is 9.52. The Labute approximate surface area is 130 Å². The minimum absolute atomic E-state index is 0.128. The van der Waals surface area contributed by atoms with Gasteiger partial charge in [0.25, 0.3) is 0 Å². The van der Waals surface area contributed by atoms with Gasteiger partial charge >= 0.3 is 5.97 Å². The highest BCUT2D eigenvalue weighted by Crippen LogP contribution is 2.53. The number of likely N-dealkylation sites (tertiary alicyclic amines) is 1. The zero-order valence-electron chi connectivity index (χ0n) is 13.2. The molecule has 2 aliphatic rings. The van der Waals surface area contributed by atoms with Gasteiger partial charge in [-0.3, -0.25) is 4.79 Å². The molecule has 3 rings (SSSR count). The Morgan fingerprint density at radius 2 is 2.18 bits per heavy atom. The second kappa shape index (κ2) is 5.80. The predicted octanol–water partition coefficient (Wildman–Crippen LogP) is 2.28. The molecule has 120 valence electrons. The highest BCUT2D eigenvalue weighted by molar-refractivity contribution is 5.86. The molecule has 0 aromatic heterocycles. The second-order valence-corrected chi connectivity index (χ2v) is 6.37. The van der Waals surface area contributed by atoms with Gasteiger partial charge in [0.15, 0.2) is 11.5 Å². The third-order valence-electron chi connectivity index (χ3n) is 4.73. The third-order valence-corrected chi connectivity index (χ3v) is 4.73. The Bertz CT molecular complexity index is 568. The lowest BCUT2D eigenvalue weighted by atomic mass is 9.94. The number of methoxy groups -OCH3 is 1. The quantitative estimate of drug-likeness (QED) is 0.904. The smallest absolute Gasteiger partial charge is 0.314 e. The van der Waals surface area contributed by atoms with Crippen LogP contribution in [-0.4, -0.2) is 49.3 Å². The number of carboxylic acid groups (broad SMARTS) is 1. The number of carbonyl (C=O) groups is 1. The Morgan fingerprint density at radius 3 is 2.77 bits per heavy atom. The molecule has 0 spiro atoms. The highest BCUT2D eigenvalue weighted by atomic mass is 16.5. The molecule has 22 heavy (non-hydrogen) atoms. The number of hydrogen-bond acceptors (Lipinski definition) is 4. The minimum Gasteiger partial charge on any atom is -0.493 e. The molecular weight excluding hydrogens is 282 g/mol. The van der Waals surface area contributed by atoms with E-state index in [1.54, 1.807) is 7.11 Å². The summed E-state index contributed by atoms with van der Waals surface area (Å²) in [6.07, 6.45) is 3.58. The number of rotatable bonds is 5. The van der Waals surface area contributed by atoms with Crippen LogP contribution >= 0.6 is 0 Å². The van der Waals surface area contributed by atoms with Crippen LogP contribution in [0.15, 0.2) is 18.2 Å². The van der Waals surface area contributed by atoms with Gasteiger partial charge in [0, 0.05) is 12.1 Å². The number of nitrogens with zero attached hydrogens (tertiary/aromatic N) is 1. The molecule has 1 atom stereocenters. The average Bonchev–Trinajstić information content (AvgIpc) is 3.28. The summed E-state index contributed by atoms with van der Waals surface area (Å²) in [6, 6.07) is 5.58. The van der Waals surface area contributed by atoms with E-state index in [1.807, 2.05) is 18.2 Å². The van der Waals surface area contributed by atoms with Crippen LogP contribution in [0.3, 0.4) is 0 Å². The Morgan fingerprint density at radius 1 is 1.41 bits per heavy atom. The summed E-state index contributed by atoms with van der Waals surface area (Å²) in [5.74, 6) is 0.462. The fourth-order valence-electron chi connectivity index (χ4n) is 3.31. The van der Waals surface area contributed by atoms with Gasteiger partial charge in [0.2, 0.25) is 0 Å². The van der Waals surface area contributed by atoms with Crippen LogP contribution in [0.4, 0.5) is 0 Å². The molecule has 0 bridgehead atoms. The van der Waals surface area contributed by atoms with Gasteiger partial charge in [-0.1, -0.05) is 12.1 Å². The van der Waals surface area contributed by atoms with E-state index in [0.29, 0.717) is 24.3 Å². The van der Waals surface area contributed by atoms with E-state index in [0.717, 1.165) is 31.5 Å². The summed E-state index contributed by atoms with van der Waals surface area (Å²) in [6.45, 7) is 1.98. The van der Waals surface area contributed by atoms with E-state index in [2.05, 4.69) is 11.9 Å². The largest absolute Gasteiger partial charge is 0.493 e. The lowest BCUT2D eigenvalue weighted by molar-refractivity contribution is -0.140. The molecule has 1 aliphatic heterocycles. The number of hydrogen-bond donors (Lipinski definition) is 1. The van der Waals surface area contributed by atoms with Crippen LogP contribution in [0.1, 0.15) is 31.2 Å². The lowest BCUT2D eigenvalue weighted by Crippen LogP contribution is -2.38. The molecular formula is C17H23NO4. The van der Waals surface area contributed by atoms with Gasteiger partial charge < -0.3 is 19.5 Å². The molecule has 1 aromatic carbocycles. The van der Waals surface area contributed by atoms with Gasteiger partial charge in [-0.05, 0) is 45.3 Å². The Kier molecular flexibility index (Phi) is 4.00. The fourth-order valence-corrected chi connectivity index (χ4v) is 3.31. The van der Waals surface area contributed by atoms with Crippen molar-refractivity contribution >= 4 is 5.97 Å². The van der Waals surface area contributed by atoms with Crippen molar-refractivity contribution in [1.29, 1.82) is 0 Å². The first-order valence-corrected chi connectivity index (χ1v) is 7.83. The van der Waals surface area contributed by atoms with Crippen LogP contribution in [0.5, 0.6) is 11.5 Å². The maximum absolute atomic E-state index is 11.6. The van der Waals surface area contributed by atoms with E-state index in [4.69, 9.17) is 9.47 Å². The molecule has 1 unspecified atom stereocenters. The van der Waals surface area contributed by atoms with Crippen molar-refractivity contribution < 1.29 is 19.4 Å². The van der Waals surface area contributed by atoms with Crippen molar-refractivity contribution in [3.63, 3.8) is 0 Å². The first kappa shape index (κ1) is 15.2. The molecule has 0 radical (unpaired) electrons. The van der Waals surface area contributed by atoms with Crippen molar-refractivity contribution in [3.8, 4) is 11.5 Å². The van der Waals surface area contributed by atoms with E-state index in [9.17, 15) is 9.90 Å². The summed E-state index contributed by atoms with van der Waals surface area (Å²) in [5.41, 5.74) is -0.0437. The van der Waals surface area contributed by atoms with Gasteiger partial charge in [-0.15, -0.1) is 0 Å². The van der Waals surface area contributed by atoms with Crippen LogP contribution in [-0.2, 0) is 10.2 Å². The average molecular weight is 305 g/mol. The van der Waals surface area contributed by atoms with Crippen molar-refractivity contribution in [2.24, 2.45) is 0 Å². The van der Waals surface area contributed by atoms with E-state index in [-0.39, 0.29) is 6.10 Å². The lowest BCUT2D eigenvalue weighted by Gasteiger charge is -2.30. The van der Waals surface area contributed by atoms with E-state index in [1.165, 1.54) is 0 Å². The normalized spacial score (nSPS) is 23.8. The molecule has 2 fully saturated rings. The van der Waals surface area contributed by atoms with Crippen LogP contribution < -0.4 is 9.47 Å². The van der Waals surface area contributed by atoms with E-state index >= 15 is 0 Å². The fraction of sp³-hybridized carbons (Fsp3) is 0.588. The first-order valence-electron chi connectivity index (χ1n) is 7.83. The first-order chi connectivity index (χ1) is 10.6. The Balaban J connectivity index is 1.87. The molecule has 0 amide bonds. The zero-order chi connectivity index (χ0) is 15.7. The molecule has 1 N–H and O–H groups in total. The molecule has 1 heterocycles. The summed E-state index contributed by atoms with van der Waals surface area (Å²) in [4.78, 5) is 13.8. The molecule has 5 heteroatoms. The molecule has 1 aromatic rings. The Hall–Kier alpha value is -1.75. The summed E-state index contributed by atoms with van der Waals surface area (Å²) in [7, 11) is 3.67. The third kappa shape index (κ3) is 2.65. The summed E-state index contributed by atoms with van der Waals surface area (Å²) >= 11 is 0. The van der Waals surface area contributed by atoms with Crippen molar-refractivity contribution in [2.45, 2.75) is 37.2 Å². The number of ether oxygens (including phenoxy) is 2. The predicted molar refractivity (Wildman–Crippen MR) is 82.7 cm³/mol. The molecule has 5 nitrogen and oxygen atoms in total. The monoisotopic (exact) mass is 305 g/mol. The van der Waals surface area contributed by atoms with Crippen LogP contribution in [0.2, 0.25) is 0 Å². The summed E-state index contributed by atoms with van der Waals surface area (Å²) < 4.78 is 11.7. The molecule has 1 aliphatic carbocycles. The maximum Gasteiger partial charge on any atom is 0.314 e. The number of benzene rings is 1. The van der Waals surface area contributed by atoms with Crippen molar-refractivity contribution in [3.05, 3.63) is 23.8 Å². The van der Waals surface area contributed by atoms with Gasteiger partial charge in [-0.25, -0.2) is 0 Å². The second-order valence-electron chi connectivity index (χ2n) is 6.37. The SMILES string of the molecule is COc1c(OC2CCCN(C)C2)cccc1C1(C(=O)O)CC1. The number of carboxylic acids is 1. The van der Waals surface area contributed by atoms with Crippen molar-refractivity contribution in [2.75, 3.05) is 27.2 Å².